The Morgan fingerprint density at radius 3 is 2.58 bits per heavy atom. The Kier molecular flexibility index (Phi) is 2.38. The third kappa shape index (κ3) is 1.43. The van der Waals surface area contributed by atoms with E-state index in [-0.39, 0.29) is 0 Å². The molecule has 0 aliphatic heterocycles. The number of aryl methyl sites for hydroxylation is 1. The van der Waals surface area contributed by atoms with Gasteiger partial charge in [0.25, 0.3) is 0 Å². The first kappa shape index (κ1) is 9.07. The predicted molar refractivity (Wildman–Crippen MR) is 53.1 cm³/mol. The van der Waals surface area contributed by atoms with Gasteiger partial charge in [-0.2, -0.15) is 0 Å². The minimum Gasteiger partial charge on any atom is -0.397 e. The lowest BCUT2D eigenvalue weighted by molar-refractivity contribution is 1.42. The number of rotatable bonds is 1. The number of hydrogen-bond acceptors (Lipinski definition) is 2. The Hall–Kier alpha value is -1.02. The van der Waals surface area contributed by atoms with Crippen molar-refractivity contribution < 1.29 is 0 Å². The Morgan fingerprint density at radius 1 is 1.50 bits per heavy atom. The molecule has 0 heterocycles. The van der Waals surface area contributed by atoms with Crippen LogP contribution in [-0.4, -0.2) is 5.71 Å². The van der Waals surface area contributed by atoms with Crippen LogP contribution in [0, 0.1) is 12.3 Å². The van der Waals surface area contributed by atoms with E-state index in [0.717, 1.165) is 5.56 Å². The van der Waals surface area contributed by atoms with Gasteiger partial charge >= 0.3 is 0 Å². The summed E-state index contributed by atoms with van der Waals surface area (Å²) in [7, 11) is 0. The van der Waals surface area contributed by atoms with Crippen molar-refractivity contribution in [2.75, 3.05) is 5.73 Å². The minimum atomic E-state index is 0.439. The first-order valence-corrected chi connectivity index (χ1v) is 4.02. The average Bonchev–Trinajstić information content (AvgIpc) is 2.00. The minimum absolute atomic E-state index is 0.439. The number of nitrogens with one attached hydrogen (secondary N) is 1. The van der Waals surface area contributed by atoms with Crippen molar-refractivity contribution in [3.05, 3.63) is 28.3 Å². The molecule has 3 heteroatoms. The van der Waals surface area contributed by atoms with Crippen LogP contribution in [0.3, 0.4) is 0 Å². The predicted octanol–water partition coefficient (Wildman–Crippen LogP) is 2.62. The summed E-state index contributed by atoms with van der Waals surface area (Å²) in [5, 5.41) is 7.96. The summed E-state index contributed by atoms with van der Waals surface area (Å²) < 4.78 is 0. The molecule has 3 N–H and O–H groups in total. The van der Waals surface area contributed by atoms with E-state index < -0.39 is 0 Å². The van der Waals surface area contributed by atoms with E-state index in [1.54, 1.807) is 6.92 Å². The molecule has 0 unspecified atom stereocenters. The number of halogens is 1. The fraction of sp³-hybridized carbons (Fsp3) is 0.222. The maximum atomic E-state index is 7.40. The molecule has 12 heavy (non-hydrogen) atoms. The molecule has 0 aromatic heterocycles. The van der Waals surface area contributed by atoms with Crippen LogP contribution in [0.2, 0.25) is 5.02 Å². The van der Waals surface area contributed by atoms with Crippen molar-refractivity contribution in [2.45, 2.75) is 13.8 Å². The van der Waals surface area contributed by atoms with E-state index in [1.807, 2.05) is 19.1 Å². The molecule has 1 aromatic carbocycles. The maximum Gasteiger partial charge on any atom is 0.0671 e. The molecule has 0 aliphatic rings. The highest BCUT2D eigenvalue weighted by molar-refractivity contribution is 6.34. The first-order valence-electron chi connectivity index (χ1n) is 3.64. The van der Waals surface area contributed by atoms with Crippen LogP contribution >= 0.6 is 11.6 Å². The summed E-state index contributed by atoms with van der Waals surface area (Å²) >= 11 is 5.91. The molecule has 1 aromatic rings. The first-order chi connectivity index (χ1) is 5.54. The molecule has 1 rings (SSSR count). The van der Waals surface area contributed by atoms with Gasteiger partial charge in [-0.05, 0) is 19.4 Å². The van der Waals surface area contributed by atoms with E-state index >= 15 is 0 Å². The van der Waals surface area contributed by atoms with Gasteiger partial charge in [0.2, 0.25) is 0 Å². The van der Waals surface area contributed by atoms with Crippen LogP contribution in [0.1, 0.15) is 18.1 Å². The van der Waals surface area contributed by atoms with Crippen molar-refractivity contribution in [2.24, 2.45) is 0 Å². The molecule has 0 spiro atoms. The quantitative estimate of drug-likeness (QED) is 0.509. The monoisotopic (exact) mass is 182 g/mol. The highest BCUT2D eigenvalue weighted by Gasteiger charge is 2.06. The molecular formula is C9H11ClN2. The largest absolute Gasteiger partial charge is 0.397 e. The highest BCUT2D eigenvalue weighted by atomic mass is 35.5. The van der Waals surface area contributed by atoms with Crippen LogP contribution < -0.4 is 5.73 Å². The second kappa shape index (κ2) is 3.15. The third-order valence-corrected chi connectivity index (χ3v) is 2.28. The standard InChI is InChI=1S/C9H11ClN2/c1-5-3-4-7(6(2)11)9(12)8(5)10/h3-4,11H,12H2,1-2H3. The second-order valence-corrected chi connectivity index (χ2v) is 3.16. The Bertz CT molecular complexity index is 332. The molecular weight excluding hydrogens is 172 g/mol. The van der Waals surface area contributed by atoms with Crippen LogP contribution in [0.5, 0.6) is 0 Å². The molecule has 0 aliphatic carbocycles. The molecule has 64 valence electrons. The fourth-order valence-corrected chi connectivity index (χ4v) is 1.19. The fourth-order valence-electron chi connectivity index (χ4n) is 1.03. The zero-order valence-electron chi connectivity index (χ0n) is 7.11. The smallest absolute Gasteiger partial charge is 0.0671 e. The third-order valence-electron chi connectivity index (χ3n) is 1.78. The number of nitrogen functional groups attached to an aromatic ring is 1. The Balaban J connectivity index is 3.36. The van der Waals surface area contributed by atoms with Crippen molar-refractivity contribution in [3.8, 4) is 0 Å². The lowest BCUT2D eigenvalue weighted by Gasteiger charge is -2.07. The molecule has 0 atom stereocenters. The van der Waals surface area contributed by atoms with Gasteiger partial charge in [-0.25, -0.2) is 0 Å². The molecule has 0 radical (unpaired) electrons. The maximum absolute atomic E-state index is 7.40. The van der Waals surface area contributed by atoms with Gasteiger partial charge in [-0.3, -0.25) is 0 Å². The summed E-state index contributed by atoms with van der Waals surface area (Å²) in [6, 6.07) is 3.69. The number of nitrogens with two attached hydrogens (primary N) is 1. The number of benzene rings is 1. The SMILES string of the molecule is CC(=N)c1ccc(C)c(Cl)c1N. The van der Waals surface area contributed by atoms with E-state index in [9.17, 15) is 0 Å². The Labute approximate surface area is 76.9 Å². The summed E-state index contributed by atoms with van der Waals surface area (Å²) in [6.45, 7) is 3.58. The van der Waals surface area contributed by atoms with Gasteiger partial charge in [0.05, 0.1) is 10.7 Å². The molecule has 0 saturated carbocycles. The number of anilines is 1. The van der Waals surface area contributed by atoms with Crippen LogP contribution in [0.25, 0.3) is 0 Å². The van der Waals surface area contributed by atoms with Gasteiger partial charge < -0.3 is 11.1 Å². The van der Waals surface area contributed by atoms with Crippen LogP contribution in [0.4, 0.5) is 5.69 Å². The highest BCUT2D eigenvalue weighted by Crippen LogP contribution is 2.26. The zero-order valence-corrected chi connectivity index (χ0v) is 7.87. The van der Waals surface area contributed by atoms with Gasteiger partial charge in [-0.1, -0.05) is 23.7 Å². The summed E-state index contributed by atoms with van der Waals surface area (Å²) in [5.41, 5.74) is 8.31. The molecule has 0 fully saturated rings. The molecule has 0 saturated heterocycles. The van der Waals surface area contributed by atoms with Crippen molar-refractivity contribution in [1.29, 1.82) is 5.41 Å². The lowest BCUT2D eigenvalue weighted by atomic mass is 10.1. The normalized spacial score (nSPS) is 9.92. The van der Waals surface area contributed by atoms with Crippen LogP contribution in [0.15, 0.2) is 12.1 Å². The lowest BCUT2D eigenvalue weighted by Crippen LogP contribution is -2.00. The van der Waals surface area contributed by atoms with Gasteiger partial charge in [0.1, 0.15) is 0 Å². The van der Waals surface area contributed by atoms with Gasteiger partial charge in [0.15, 0.2) is 0 Å². The number of hydrogen-bond donors (Lipinski definition) is 2. The zero-order chi connectivity index (χ0) is 9.30. The molecule has 0 amide bonds. The van der Waals surface area contributed by atoms with E-state index in [1.165, 1.54) is 0 Å². The average molecular weight is 183 g/mol. The Morgan fingerprint density at radius 2 is 2.08 bits per heavy atom. The second-order valence-electron chi connectivity index (χ2n) is 2.78. The molecule has 2 nitrogen and oxygen atoms in total. The van der Waals surface area contributed by atoms with Gasteiger partial charge in [-0.15, -0.1) is 0 Å². The summed E-state index contributed by atoms with van der Waals surface area (Å²) in [6.07, 6.45) is 0. The van der Waals surface area contributed by atoms with E-state index in [0.29, 0.717) is 22.0 Å². The van der Waals surface area contributed by atoms with Crippen LogP contribution in [-0.2, 0) is 0 Å². The summed E-state index contributed by atoms with van der Waals surface area (Å²) in [4.78, 5) is 0. The van der Waals surface area contributed by atoms with Crippen molar-refractivity contribution in [3.63, 3.8) is 0 Å². The van der Waals surface area contributed by atoms with Gasteiger partial charge in [0, 0.05) is 11.3 Å². The topological polar surface area (TPSA) is 49.9 Å². The van der Waals surface area contributed by atoms with E-state index in [4.69, 9.17) is 22.7 Å². The van der Waals surface area contributed by atoms with E-state index in [2.05, 4.69) is 0 Å². The van der Waals surface area contributed by atoms with Crippen molar-refractivity contribution in [1.82, 2.24) is 0 Å². The van der Waals surface area contributed by atoms with Crippen molar-refractivity contribution >= 4 is 23.0 Å². The summed E-state index contributed by atoms with van der Waals surface area (Å²) in [5.74, 6) is 0. The molecule has 0 bridgehead atoms.